The van der Waals surface area contributed by atoms with E-state index in [1.54, 1.807) is 6.92 Å². The van der Waals surface area contributed by atoms with Crippen molar-refractivity contribution in [1.29, 1.82) is 0 Å². The number of likely N-dealkylation sites (N-methyl/N-ethyl adjacent to an activating group) is 1. The highest BCUT2D eigenvalue weighted by molar-refractivity contribution is 5.95. The van der Waals surface area contributed by atoms with Gasteiger partial charge in [0, 0.05) is 0 Å². The van der Waals surface area contributed by atoms with Crippen LogP contribution in [0.2, 0.25) is 0 Å². The molecule has 0 bridgehead atoms. The first kappa shape index (κ1) is 12.3. The van der Waals surface area contributed by atoms with E-state index in [0.717, 1.165) is 11.0 Å². The average Bonchev–Trinajstić information content (AvgIpc) is 1.95. The lowest BCUT2D eigenvalue weighted by molar-refractivity contribution is -0.870. The smallest absolute Gasteiger partial charge is 0.183 e. The molecule has 0 aromatic heterocycles. The van der Waals surface area contributed by atoms with Gasteiger partial charge in [-0.05, 0) is 12.5 Å². The minimum absolute atomic E-state index is 0.0126. The van der Waals surface area contributed by atoms with Crippen LogP contribution in [0.3, 0.4) is 0 Å². The standard InChI is InChI=1S/C10H20NO2/c1-9(2)10(12)8-13-7-6-11(3,4)5/h1,6-8H2,2-5H3/q+1. The summed E-state index contributed by atoms with van der Waals surface area (Å²) in [6.45, 7) is 6.93. The number of carbonyl (C=O) groups is 1. The van der Waals surface area contributed by atoms with E-state index in [9.17, 15) is 4.79 Å². The van der Waals surface area contributed by atoms with E-state index in [2.05, 4.69) is 27.7 Å². The molecule has 0 fully saturated rings. The summed E-state index contributed by atoms with van der Waals surface area (Å²) in [5.74, 6) is -0.0126. The Morgan fingerprint density at radius 3 is 2.31 bits per heavy atom. The van der Waals surface area contributed by atoms with Crippen molar-refractivity contribution in [2.24, 2.45) is 0 Å². The molecule has 76 valence electrons. The van der Waals surface area contributed by atoms with Gasteiger partial charge >= 0.3 is 0 Å². The van der Waals surface area contributed by atoms with Crippen LogP contribution in [-0.4, -0.2) is 51.2 Å². The highest BCUT2D eigenvalue weighted by atomic mass is 16.5. The lowest BCUT2D eigenvalue weighted by Crippen LogP contribution is -2.37. The van der Waals surface area contributed by atoms with Gasteiger partial charge in [0.2, 0.25) is 0 Å². The first-order valence-corrected chi connectivity index (χ1v) is 4.40. The minimum Gasteiger partial charge on any atom is -0.367 e. The number of rotatable bonds is 6. The molecule has 0 heterocycles. The van der Waals surface area contributed by atoms with Crippen LogP contribution in [0.1, 0.15) is 6.92 Å². The van der Waals surface area contributed by atoms with Crippen molar-refractivity contribution in [3.05, 3.63) is 12.2 Å². The van der Waals surface area contributed by atoms with Gasteiger partial charge < -0.3 is 9.22 Å². The maximum absolute atomic E-state index is 11.0. The molecule has 0 aromatic rings. The topological polar surface area (TPSA) is 26.3 Å². The maximum Gasteiger partial charge on any atom is 0.183 e. The zero-order valence-corrected chi connectivity index (χ0v) is 9.09. The first-order valence-electron chi connectivity index (χ1n) is 4.40. The van der Waals surface area contributed by atoms with E-state index in [1.165, 1.54) is 0 Å². The lowest BCUT2D eigenvalue weighted by atomic mass is 10.2. The van der Waals surface area contributed by atoms with Crippen LogP contribution < -0.4 is 0 Å². The van der Waals surface area contributed by atoms with E-state index >= 15 is 0 Å². The number of nitrogens with zero attached hydrogens (tertiary/aromatic N) is 1. The van der Waals surface area contributed by atoms with Crippen LogP contribution >= 0.6 is 0 Å². The highest BCUT2D eigenvalue weighted by Crippen LogP contribution is 1.93. The average molecular weight is 186 g/mol. The number of hydrogen-bond donors (Lipinski definition) is 0. The summed E-state index contributed by atoms with van der Waals surface area (Å²) in [7, 11) is 6.26. The largest absolute Gasteiger partial charge is 0.367 e. The Labute approximate surface area is 80.6 Å². The number of hydrogen-bond acceptors (Lipinski definition) is 2. The third-order valence-electron chi connectivity index (χ3n) is 1.62. The van der Waals surface area contributed by atoms with Crippen molar-refractivity contribution in [3.63, 3.8) is 0 Å². The normalized spacial score (nSPS) is 11.4. The van der Waals surface area contributed by atoms with Crippen LogP contribution in [0, 0.1) is 0 Å². The van der Waals surface area contributed by atoms with Gasteiger partial charge in [-0.25, -0.2) is 0 Å². The van der Waals surface area contributed by atoms with Crippen molar-refractivity contribution in [2.45, 2.75) is 6.92 Å². The van der Waals surface area contributed by atoms with Crippen LogP contribution in [0.25, 0.3) is 0 Å². The van der Waals surface area contributed by atoms with Gasteiger partial charge in [-0.3, -0.25) is 4.79 Å². The Bertz CT molecular complexity index is 192. The zero-order valence-electron chi connectivity index (χ0n) is 9.09. The molecule has 3 heteroatoms. The van der Waals surface area contributed by atoms with Gasteiger partial charge in [-0.1, -0.05) is 6.58 Å². The second kappa shape index (κ2) is 5.14. The van der Waals surface area contributed by atoms with E-state index in [4.69, 9.17) is 4.74 Å². The van der Waals surface area contributed by atoms with Gasteiger partial charge in [0.05, 0.1) is 27.7 Å². The summed E-state index contributed by atoms with van der Waals surface area (Å²) >= 11 is 0. The Balaban J connectivity index is 3.47. The summed E-state index contributed by atoms with van der Waals surface area (Å²) in [5.41, 5.74) is 0.560. The van der Waals surface area contributed by atoms with Crippen molar-refractivity contribution in [3.8, 4) is 0 Å². The van der Waals surface area contributed by atoms with Crippen molar-refractivity contribution < 1.29 is 14.0 Å². The molecule has 0 atom stereocenters. The Morgan fingerprint density at radius 1 is 1.38 bits per heavy atom. The van der Waals surface area contributed by atoms with Crippen molar-refractivity contribution >= 4 is 5.78 Å². The highest BCUT2D eigenvalue weighted by Gasteiger charge is 2.07. The van der Waals surface area contributed by atoms with Crippen LogP contribution in [-0.2, 0) is 9.53 Å². The minimum atomic E-state index is -0.0126. The second-order valence-corrected chi connectivity index (χ2v) is 4.27. The third kappa shape index (κ3) is 7.68. The van der Waals surface area contributed by atoms with E-state index in [1.807, 2.05) is 0 Å². The predicted octanol–water partition coefficient (Wildman–Crippen LogP) is 0.854. The summed E-state index contributed by atoms with van der Waals surface area (Å²) in [4.78, 5) is 11.0. The summed E-state index contributed by atoms with van der Waals surface area (Å²) in [6, 6.07) is 0. The molecule has 0 radical (unpaired) electrons. The summed E-state index contributed by atoms with van der Waals surface area (Å²) in [5, 5.41) is 0. The van der Waals surface area contributed by atoms with Crippen molar-refractivity contribution in [1.82, 2.24) is 0 Å². The second-order valence-electron chi connectivity index (χ2n) is 4.27. The molecule has 0 aliphatic rings. The maximum atomic E-state index is 11.0. The quantitative estimate of drug-likeness (QED) is 0.349. The number of carbonyl (C=O) groups excluding carboxylic acids is 1. The van der Waals surface area contributed by atoms with Gasteiger partial charge in [0.25, 0.3) is 0 Å². The third-order valence-corrected chi connectivity index (χ3v) is 1.62. The molecular formula is C10H20NO2+. The fourth-order valence-corrected chi connectivity index (χ4v) is 0.626. The number of ketones is 1. The molecule has 0 amide bonds. The number of ether oxygens (including phenoxy) is 1. The summed E-state index contributed by atoms with van der Waals surface area (Å²) in [6.07, 6.45) is 0. The fraction of sp³-hybridized carbons (Fsp3) is 0.700. The Morgan fingerprint density at radius 2 is 1.92 bits per heavy atom. The van der Waals surface area contributed by atoms with Gasteiger partial charge in [-0.2, -0.15) is 0 Å². The monoisotopic (exact) mass is 186 g/mol. The molecule has 0 saturated carbocycles. The first-order chi connectivity index (χ1) is 5.83. The molecule has 0 aromatic carbocycles. The Kier molecular flexibility index (Phi) is 4.88. The molecule has 0 unspecified atom stereocenters. The number of Topliss-reactive ketones (excluding diaryl/α,β-unsaturated/α-hetero) is 1. The van der Waals surface area contributed by atoms with Gasteiger partial charge in [0.1, 0.15) is 13.2 Å². The van der Waals surface area contributed by atoms with Crippen LogP contribution in [0.4, 0.5) is 0 Å². The number of quaternary nitrogens is 1. The predicted molar refractivity (Wildman–Crippen MR) is 53.5 cm³/mol. The summed E-state index contributed by atoms with van der Waals surface area (Å²) < 4.78 is 6.06. The SMILES string of the molecule is C=C(C)C(=O)COCC[N+](C)(C)C. The van der Waals surface area contributed by atoms with Crippen LogP contribution in [0.5, 0.6) is 0 Å². The molecule has 0 aliphatic carbocycles. The van der Waals surface area contributed by atoms with E-state index in [-0.39, 0.29) is 12.4 Å². The molecule has 13 heavy (non-hydrogen) atoms. The van der Waals surface area contributed by atoms with E-state index < -0.39 is 0 Å². The molecule has 0 rings (SSSR count). The molecule has 0 aliphatic heterocycles. The van der Waals surface area contributed by atoms with Gasteiger partial charge in [-0.15, -0.1) is 0 Å². The Hall–Kier alpha value is -0.670. The molecule has 3 nitrogen and oxygen atoms in total. The fourth-order valence-electron chi connectivity index (χ4n) is 0.626. The zero-order chi connectivity index (χ0) is 10.5. The lowest BCUT2D eigenvalue weighted by Gasteiger charge is -2.23. The molecule has 0 N–H and O–H groups in total. The van der Waals surface area contributed by atoms with Gasteiger partial charge in [0.15, 0.2) is 5.78 Å². The molecule has 0 saturated heterocycles. The van der Waals surface area contributed by atoms with Crippen LogP contribution in [0.15, 0.2) is 12.2 Å². The molecular weight excluding hydrogens is 166 g/mol. The molecule has 0 spiro atoms. The van der Waals surface area contributed by atoms with E-state index in [0.29, 0.717) is 12.2 Å². The van der Waals surface area contributed by atoms with Crippen molar-refractivity contribution in [2.75, 3.05) is 40.9 Å².